The number of likely N-dealkylation sites (N-methyl/N-ethyl adjacent to an activating group) is 1. The number of hydrogen-bond donors (Lipinski definition) is 4. The maximum atomic E-state index is 11.0. The van der Waals surface area contributed by atoms with Crippen LogP contribution in [0.5, 0.6) is 0 Å². The van der Waals surface area contributed by atoms with Crippen molar-refractivity contribution >= 4 is 0 Å². The lowest BCUT2D eigenvalue weighted by molar-refractivity contribution is -0.240. The lowest BCUT2D eigenvalue weighted by Gasteiger charge is -2.45. The number of benzene rings is 2. The van der Waals surface area contributed by atoms with E-state index in [0.717, 1.165) is 36.2 Å². The van der Waals surface area contributed by atoms with Crippen molar-refractivity contribution < 1.29 is 25.2 Å². The van der Waals surface area contributed by atoms with E-state index in [2.05, 4.69) is 36.2 Å². The van der Waals surface area contributed by atoms with E-state index in [9.17, 15) is 20.4 Å². The maximum Gasteiger partial charge on any atom is 0.106 e. The molecule has 7 atom stereocenters. The van der Waals surface area contributed by atoms with Crippen LogP contribution in [0.15, 0.2) is 36.4 Å². The van der Waals surface area contributed by atoms with Crippen molar-refractivity contribution in [2.75, 3.05) is 20.2 Å². The summed E-state index contributed by atoms with van der Waals surface area (Å²) in [5.74, 6) is -0.880. The number of aliphatic hydroxyl groups excluding tert-OH is 4. The lowest BCUT2D eigenvalue weighted by atomic mass is 9.81. The van der Waals surface area contributed by atoms with E-state index in [0.29, 0.717) is 0 Å². The van der Waals surface area contributed by atoms with Crippen LogP contribution in [0.3, 0.4) is 0 Å². The lowest BCUT2D eigenvalue weighted by Crippen LogP contribution is -2.54. The molecule has 6 heteroatoms. The van der Waals surface area contributed by atoms with Gasteiger partial charge < -0.3 is 30.1 Å². The molecule has 2 fully saturated rings. The quantitative estimate of drug-likeness (QED) is 0.592. The summed E-state index contributed by atoms with van der Waals surface area (Å²) < 4.78 is 5.84. The van der Waals surface area contributed by atoms with Gasteiger partial charge in [0.1, 0.15) is 6.10 Å². The van der Waals surface area contributed by atoms with E-state index >= 15 is 0 Å². The Hall–Kier alpha value is -1.80. The topological polar surface area (TPSA) is 93.4 Å². The largest absolute Gasteiger partial charge is 0.396 e. The van der Waals surface area contributed by atoms with Gasteiger partial charge in [0.15, 0.2) is 0 Å². The molecule has 1 aliphatic carbocycles. The van der Waals surface area contributed by atoms with Gasteiger partial charge in [-0.05, 0) is 53.8 Å². The SMILES string of the molecule is Cc1cc(-c2cccc3c2CCN(C)C3)ccc1[C@@H](O)[C@H]1OC2C(CO)[C@@H](O)C(O)C21. The molecule has 1 saturated carbocycles. The van der Waals surface area contributed by atoms with Gasteiger partial charge >= 0.3 is 0 Å². The minimum absolute atomic E-state index is 0.243. The Balaban J connectivity index is 1.40. The minimum Gasteiger partial charge on any atom is -0.396 e. The number of aryl methyl sites for hydroxylation is 1. The summed E-state index contributed by atoms with van der Waals surface area (Å²) in [5.41, 5.74) is 6.89. The molecular weight excluding hydrogens is 394 g/mol. The molecule has 2 aromatic carbocycles. The summed E-state index contributed by atoms with van der Waals surface area (Å²) in [4.78, 5) is 2.33. The standard InChI is InChI=1S/C25H31NO5/c1-13-10-14(17-5-3-4-15-11-26(2)9-8-18(15)17)6-7-16(13)22(29)25-20-23(30)21(28)19(12-27)24(20)31-25/h3-7,10,19-25,27-30H,8-9,11-12H2,1-2H3/t19?,20?,21-,22-,23?,24?,25+/m1/s1. The second-order valence-electron chi connectivity index (χ2n) is 9.42. The highest BCUT2D eigenvalue weighted by molar-refractivity contribution is 5.70. The molecule has 0 radical (unpaired) electrons. The third-order valence-electron chi connectivity index (χ3n) is 7.56. The van der Waals surface area contributed by atoms with Crippen LogP contribution in [0, 0.1) is 18.8 Å². The second-order valence-corrected chi connectivity index (χ2v) is 9.42. The molecule has 31 heavy (non-hydrogen) atoms. The summed E-state index contributed by atoms with van der Waals surface area (Å²) in [5, 5.41) is 41.1. The second kappa shape index (κ2) is 7.96. The molecule has 2 aliphatic heterocycles. The van der Waals surface area contributed by atoms with Crippen molar-refractivity contribution in [1.82, 2.24) is 4.90 Å². The fourth-order valence-electron chi connectivity index (χ4n) is 5.78. The van der Waals surface area contributed by atoms with E-state index in [-0.39, 0.29) is 12.5 Å². The van der Waals surface area contributed by atoms with Crippen LogP contribution >= 0.6 is 0 Å². The maximum absolute atomic E-state index is 11.0. The number of ether oxygens (including phenoxy) is 1. The zero-order valence-electron chi connectivity index (χ0n) is 18.0. The Morgan fingerprint density at radius 1 is 1.16 bits per heavy atom. The zero-order chi connectivity index (χ0) is 21.9. The van der Waals surface area contributed by atoms with Crippen molar-refractivity contribution in [3.05, 3.63) is 58.7 Å². The summed E-state index contributed by atoms with van der Waals surface area (Å²) in [6.07, 6.45) is -2.89. The van der Waals surface area contributed by atoms with E-state index < -0.39 is 36.4 Å². The molecule has 1 saturated heterocycles. The van der Waals surface area contributed by atoms with Crippen molar-refractivity contribution in [3.8, 4) is 11.1 Å². The van der Waals surface area contributed by atoms with Gasteiger partial charge in [0.2, 0.25) is 0 Å². The summed E-state index contributed by atoms with van der Waals surface area (Å²) in [6, 6.07) is 12.6. The van der Waals surface area contributed by atoms with Gasteiger partial charge in [-0.2, -0.15) is 0 Å². The van der Waals surface area contributed by atoms with Gasteiger partial charge in [-0.3, -0.25) is 0 Å². The molecule has 0 spiro atoms. The highest BCUT2D eigenvalue weighted by atomic mass is 16.5. The highest BCUT2D eigenvalue weighted by Crippen LogP contribution is 2.49. The van der Waals surface area contributed by atoms with Crippen LogP contribution in [0.25, 0.3) is 11.1 Å². The molecular formula is C25H31NO5. The third-order valence-corrected chi connectivity index (χ3v) is 7.56. The molecule has 0 bridgehead atoms. The number of rotatable bonds is 4. The molecule has 2 aromatic rings. The van der Waals surface area contributed by atoms with Gasteiger partial charge in [0.05, 0.1) is 31.0 Å². The average Bonchev–Trinajstić information content (AvgIpc) is 2.92. The Morgan fingerprint density at radius 3 is 2.71 bits per heavy atom. The summed E-state index contributed by atoms with van der Waals surface area (Å²) in [6.45, 7) is 3.75. The van der Waals surface area contributed by atoms with Gasteiger partial charge in [-0.1, -0.05) is 36.4 Å². The first-order chi connectivity index (χ1) is 14.9. The van der Waals surface area contributed by atoms with Crippen molar-refractivity contribution in [1.29, 1.82) is 0 Å². The fourth-order valence-corrected chi connectivity index (χ4v) is 5.78. The first kappa shape index (κ1) is 21.1. The number of aliphatic hydroxyl groups is 4. The smallest absolute Gasteiger partial charge is 0.106 e. The molecule has 6 nitrogen and oxygen atoms in total. The van der Waals surface area contributed by atoms with E-state index in [1.807, 2.05) is 19.1 Å². The molecule has 0 amide bonds. The van der Waals surface area contributed by atoms with E-state index in [1.54, 1.807) is 0 Å². The molecule has 5 rings (SSSR count). The number of hydrogen-bond acceptors (Lipinski definition) is 6. The predicted molar refractivity (Wildman–Crippen MR) is 116 cm³/mol. The molecule has 4 unspecified atom stereocenters. The zero-order valence-corrected chi connectivity index (χ0v) is 18.0. The first-order valence-electron chi connectivity index (χ1n) is 11.1. The number of nitrogens with zero attached hydrogens (tertiary/aromatic N) is 1. The van der Waals surface area contributed by atoms with Crippen LogP contribution in [0.2, 0.25) is 0 Å². The minimum atomic E-state index is -1.02. The molecule has 2 heterocycles. The Morgan fingerprint density at radius 2 is 1.97 bits per heavy atom. The van der Waals surface area contributed by atoms with Gasteiger partial charge in [-0.15, -0.1) is 0 Å². The van der Waals surface area contributed by atoms with Crippen molar-refractivity contribution in [2.24, 2.45) is 11.8 Å². The average molecular weight is 426 g/mol. The van der Waals surface area contributed by atoms with Crippen LogP contribution < -0.4 is 0 Å². The summed E-state index contributed by atoms with van der Waals surface area (Å²) in [7, 11) is 2.14. The predicted octanol–water partition coefficient (Wildman–Crippen LogP) is 1.41. The Bertz CT molecular complexity index is 978. The monoisotopic (exact) mass is 425 g/mol. The van der Waals surface area contributed by atoms with E-state index in [4.69, 9.17) is 4.74 Å². The van der Waals surface area contributed by atoms with Gasteiger partial charge in [-0.25, -0.2) is 0 Å². The van der Waals surface area contributed by atoms with Crippen LogP contribution in [0.4, 0.5) is 0 Å². The third kappa shape index (κ3) is 3.33. The highest BCUT2D eigenvalue weighted by Gasteiger charge is 2.61. The van der Waals surface area contributed by atoms with Crippen molar-refractivity contribution in [2.45, 2.75) is 50.4 Å². The van der Waals surface area contributed by atoms with Gasteiger partial charge in [0.25, 0.3) is 0 Å². The molecule has 3 aliphatic rings. The fraction of sp³-hybridized carbons (Fsp3) is 0.520. The summed E-state index contributed by atoms with van der Waals surface area (Å²) >= 11 is 0. The number of fused-ring (bicyclic) bond motifs is 2. The molecule has 0 aromatic heterocycles. The molecule has 4 N–H and O–H groups in total. The van der Waals surface area contributed by atoms with Crippen LogP contribution in [0.1, 0.15) is 28.4 Å². The molecule has 166 valence electrons. The van der Waals surface area contributed by atoms with E-state index in [1.165, 1.54) is 16.7 Å². The Labute approximate surface area is 182 Å². The first-order valence-corrected chi connectivity index (χ1v) is 11.1. The van der Waals surface area contributed by atoms with Gasteiger partial charge in [0, 0.05) is 24.9 Å². The normalized spacial score (nSPS) is 33.5. The van der Waals surface area contributed by atoms with Crippen molar-refractivity contribution in [3.63, 3.8) is 0 Å². The van der Waals surface area contributed by atoms with Crippen LogP contribution in [-0.4, -0.2) is 69.9 Å². The Kier molecular flexibility index (Phi) is 5.41. The van der Waals surface area contributed by atoms with Crippen LogP contribution in [-0.2, 0) is 17.7 Å².